The number of hydrogen-bond donors (Lipinski definition) is 0. The molecule has 0 N–H and O–H groups in total. The number of carbonyl (C=O) groups is 1. The van der Waals surface area contributed by atoms with Gasteiger partial charge in [0.15, 0.2) is 11.6 Å². The molecule has 4 heteroatoms. The van der Waals surface area contributed by atoms with Gasteiger partial charge in [-0.05, 0) is 60.7 Å². The Kier molecular flexibility index (Phi) is 9.61. The molecule has 3 aromatic rings. The Morgan fingerprint density at radius 3 is 2.18 bits per heavy atom. The van der Waals surface area contributed by atoms with Gasteiger partial charge < -0.3 is 4.74 Å². The quantitative estimate of drug-likeness (QED) is 0.161. The molecular formula is C29H34FNO2. The number of benzene rings is 2. The molecule has 0 aliphatic heterocycles. The molecule has 0 aliphatic rings. The molecule has 0 spiro atoms. The van der Waals surface area contributed by atoms with Gasteiger partial charge in [0.25, 0.3) is 0 Å². The second-order valence-corrected chi connectivity index (χ2v) is 8.51. The normalized spacial score (nSPS) is 10.9. The van der Waals surface area contributed by atoms with Crippen LogP contribution in [0.4, 0.5) is 4.39 Å². The van der Waals surface area contributed by atoms with Crippen LogP contribution in [0, 0.1) is 5.82 Å². The first-order valence-electron chi connectivity index (χ1n) is 12.2. The van der Waals surface area contributed by atoms with E-state index in [4.69, 9.17) is 4.74 Å². The van der Waals surface area contributed by atoms with Crippen molar-refractivity contribution >= 4 is 5.97 Å². The molecule has 0 bridgehead atoms. The lowest BCUT2D eigenvalue weighted by Crippen LogP contribution is -2.09. The van der Waals surface area contributed by atoms with Crippen LogP contribution in [0.1, 0.15) is 80.3 Å². The summed E-state index contributed by atoms with van der Waals surface area (Å²) < 4.78 is 19.3. The van der Waals surface area contributed by atoms with Crippen molar-refractivity contribution in [3.63, 3.8) is 0 Å². The summed E-state index contributed by atoms with van der Waals surface area (Å²) in [6.07, 6.45) is 12.8. The zero-order valence-corrected chi connectivity index (χ0v) is 19.8. The molecule has 3 nitrogen and oxygen atoms in total. The molecule has 1 heterocycles. The summed E-state index contributed by atoms with van der Waals surface area (Å²) in [6.45, 7) is 4.19. The van der Waals surface area contributed by atoms with Crippen LogP contribution in [0.2, 0.25) is 0 Å². The van der Waals surface area contributed by atoms with Crippen LogP contribution in [0.5, 0.6) is 5.75 Å². The van der Waals surface area contributed by atoms with Gasteiger partial charge in [0.1, 0.15) is 0 Å². The summed E-state index contributed by atoms with van der Waals surface area (Å²) in [5.41, 5.74) is 4.27. The average molecular weight is 448 g/mol. The van der Waals surface area contributed by atoms with Crippen molar-refractivity contribution in [3.05, 3.63) is 83.3 Å². The van der Waals surface area contributed by atoms with Crippen molar-refractivity contribution in [1.29, 1.82) is 0 Å². The number of carbonyl (C=O) groups excluding carboxylic acids is 1. The largest absolute Gasteiger partial charge is 0.420 e. The minimum absolute atomic E-state index is 0.0560. The number of ether oxygens (including phenoxy) is 1. The molecule has 3 rings (SSSR count). The van der Waals surface area contributed by atoms with Gasteiger partial charge in [0.2, 0.25) is 0 Å². The van der Waals surface area contributed by atoms with Gasteiger partial charge in [-0.2, -0.15) is 0 Å². The van der Waals surface area contributed by atoms with Gasteiger partial charge in [0, 0.05) is 11.8 Å². The van der Waals surface area contributed by atoms with Crippen LogP contribution in [0.15, 0.2) is 60.8 Å². The van der Waals surface area contributed by atoms with Gasteiger partial charge in [-0.25, -0.2) is 9.18 Å². The van der Waals surface area contributed by atoms with Crippen LogP contribution in [0.3, 0.4) is 0 Å². The van der Waals surface area contributed by atoms with E-state index in [1.54, 1.807) is 18.2 Å². The lowest BCUT2D eigenvalue weighted by Gasteiger charge is -2.08. The molecular weight excluding hydrogens is 413 g/mol. The molecule has 2 aromatic carbocycles. The highest BCUT2D eigenvalue weighted by Crippen LogP contribution is 2.22. The number of hydrogen-bond acceptors (Lipinski definition) is 3. The maximum Gasteiger partial charge on any atom is 0.343 e. The van der Waals surface area contributed by atoms with Crippen molar-refractivity contribution in [2.24, 2.45) is 0 Å². The van der Waals surface area contributed by atoms with Crippen LogP contribution in [-0.4, -0.2) is 11.0 Å². The van der Waals surface area contributed by atoms with E-state index in [1.807, 2.05) is 31.3 Å². The smallest absolute Gasteiger partial charge is 0.343 e. The molecule has 33 heavy (non-hydrogen) atoms. The summed E-state index contributed by atoms with van der Waals surface area (Å²) in [5.74, 6) is -1.16. The summed E-state index contributed by atoms with van der Waals surface area (Å²) in [4.78, 5) is 17.0. The molecule has 0 amide bonds. The Morgan fingerprint density at radius 2 is 1.55 bits per heavy atom. The molecule has 0 fully saturated rings. The van der Waals surface area contributed by atoms with E-state index in [-0.39, 0.29) is 5.75 Å². The first-order chi connectivity index (χ1) is 16.1. The molecule has 0 radical (unpaired) electrons. The first kappa shape index (κ1) is 24.6. The Hall–Kier alpha value is -3.01. The van der Waals surface area contributed by atoms with Crippen LogP contribution in [-0.2, 0) is 12.8 Å². The molecule has 174 valence electrons. The third kappa shape index (κ3) is 7.52. The summed E-state index contributed by atoms with van der Waals surface area (Å²) in [7, 11) is 0. The lowest BCUT2D eigenvalue weighted by molar-refractivity contribution is 0.0728. The zero-order valence-electron chi connectivity index (χ0n) is 19.8. The van der Waals surface area contributed by atoms with Gasteiger partial charge >= 0.3 is 5.97 Å². The van der Waals surface area contributed by atoms with Crippen molar-refractivity contribution < 1.29 is 13.9 Å². The summed E-state index contributed by atoms with van der Waals surface area (Å²) in [6, 6.07) is 15.9. The topological polar surface area (TPSA) is 39.2 Å². The number of pyridine rings is 1. The van der Waals surface area contributed by atoms with Crippen molar-refractivity contribution in [2.75, 3.05) is 0 Å². The number of unbranched alkanes of at least 4 members (excludes halogenated alkanes) is 6. The number of halogens is 1. The van der Waals surface area contributed by atoms with Gasteiger partial charge in [-0.1, -0.05) is 76.6 Å². The highest BCUT2D eigenvalue weighted by molar-refractivity contribution is 5.91. The number of aromatic nitrogens is 1. The van der Waals surface area contributed by atoms with Gasteiger partial charge in [-0.3, -0.25) is 4.98 Å². The SMILES string of the molecule is CCCCCCCCCc1ccc(-c2ccc(C(=O)Oc3ccc(CC)cc3F)cc2)nc1. The Morgan fingerprint density at radius 1 is 0.848 bits per heavy atom. The third-order valence-corrected chi connectivity index (χ3v) is 5.92. The molecule has 0 saturated carbocycles. The second-order valence-electron chi connectivity index (χ2n) is 8.51. The highest BCUT2D eigenvalue weighted by atomic mass is 19.1. The zero-order chi connectivity index (χ0) is 23.5. The van der Waals surface area contributed by atoms with Gasteiger partial charge in [0.05, 0.1) is 11.3 Å². The van der Waals surface area contributed by atoms with E-state index in [0.29, 0.717) is 5.56 Å². The van der Waals surface area contributed by atoms with Crippen molar-refractivity contribution in [1.82, 2.24) is 4.98 Å². The Balaban J connectivity index is 1.51. The second kappa shape index (κ2) is 12.9. The summed E-state index contributed by atoms with van der Waals surface area (Å²) >= 11 is 0. The Bertz CT molecular complexity index is 1010. The maximum atomic E-state index is 14.1. The molecule has 0 unspecified atom stereocenters. The van der Waals surface area contributed by atoms with Crippen LogP contribution < -0.4 is 4.74 Å². The van der Waals surface area contributed by atoms with Crippen LogP contribution in [0.25, 0.3) is 11.3 Å². The van der Waals surface area contributed by atoms with E-state index in [1.165, 1.54) is 62.6 Å². The van der Waals surface area contributed by atoms with E-state index in [2.05, 4.69) is 18.0 Å². The van der Waals surface area contributed by atoms with Crippen molar-refractivity contribution in [3.8, 4) is 17.0 Å². The lowest BCUT2D eigenvalue weighted by atomic mass is 10.0. The third-order valence-electron chi connectivity index (χ3n) is 5.92. The Labute approximate surface area is 197 Å². The molecule has 0 aliphatic carbocycles. The standard InChI is InChI=1S/C29H34FNO2/c1-3-5-6-7-8-9-10-11-23-12-18-27(31-21-23)24-14-16-25(17-15-24)29(32)33-28-19-13-22(4-2)20-26(28)30/h12-21H,3-11H2,1-2H3. The van der Waals surface area contributed by atoms with E-state index >= 15 is 0 Å². The van der Waals surface area contributed by atoms with Gasteiger partial charge in [-0.15, -0.1) is 0 Å². The number of aryl methyl sites for hydroxylation is 2. The maximum absolute atomic E-state index is 14.1. The number of rotatable bonds is 12. The highest BCUT2D eigenvalue weighted by Gasteiger charge is 2.13. The van der Waals surface area contributed by atoms with E-state index < -0.39 is 11.8 Å². The fourth-order valence-corrected chi connectivity index (χ4v) is 3.81. The van der Waals surface area contributed by atoms with Crippen molar-refractivity contribution in [2.45, 2.75) is 71.6 Å². The predicted octanol–water partition coefficient (Wildman–Crippen LogP) is 7.96. The number of nitrogens with zero attached hydrogens (tertiary/aromatic N) is 1. The fourth-order valence-electron chi connectivity index (χ4n) is 3.81. The monoisotopic (exact) mass is 447 g/mol. The average Bonchev–Trinajstić information content (AvgIpc) is 2.85. The molecule has 1 aromatic heterocycles. The predicted molar refractivity (Wildman–Crippen MR) is 132 cm³/mol. The minimum Gasteiger partial charge on any atom is -0.420 e. The van der Waals surface area contributed by atoms with Crippen LogP contribution >= 0.6 is 0 Å². The first-order valence-corrected chi connectivity index (χ1v) is 12.2. The molecule has 0 atom stereocenters. The van der Waals surface area contributed by atoms with E-state index in [9.17, 15) is 9.18 Å². The fraction of sp³-hybridized carbons (Fsp3) is 0.379. The minimum atomic E-state index is -0.581. The van der Waals surface area contributed by atoms with E-state index in [0.717, 1.165) is 29.7 Å². The molecule has 0 saturated heterocycles. The number of esters is 1. The summed E-state index contributed by atoms with van der Waals surface area (Å²) in [5, 5.41) is 0.